The van der Waals surface area contributed by atoms with Gasteiger partial charge < -0.3 is 10.1 Å². The van der Waals surface area contributed by atoms with Gasteiger partial charge in [-0.25, -0.2) is 0 Å². The summed E-state index contributed by atoms with van der Waals surface area (Å²) in [7, 11) is 0. The Morgan fingerprint density at radius 2 is 2.27 bits per heavy atom. The summed E-state index contributed by atoms with van der Waals surface area (Å²) in [6.45, 7) is 7.26. The molecule has 2 nitrogen and oxygen atoms in total. The minimum Gasteiger partial charge on any atom is -0.493 e. The van der Waals surface area contributed by atoms with Crippen LogP contribution in [0.3, 0.4) is 0 Å². The Hall–Kier alpha value is -1.02. The third kappa shape index (κ3) is 2.51. The van der Waals surface area contributed by atoms with Crippen LogP contribution in [0.5, 0.6) is 5.75 Å². The van der Waals surface area contributed by atoms with Gasteiger partial charge in [0, 0.05) is 18.5 Å². The molecular formula is C13H19NO. The van der Waals surface area contributed by atoms with E-state index in [4.69, 9.17) is 4.74 Å². The first-order valence-electron chi connectivity index (χ1n) is 5.71. The summed E-state index contributed by atoms with van der Waals surface area (Å²) in [6, 6.07) is 6.44. The van der Waals surface area contributed by atoms with E-state index in [1.54, 1.807) is 0 Å². The summed E-state index contributed by atoms with van der Waals surface area (Å²) < 4.78 is 5.65. The Balaban J connectivity index is 2.00. The van der Waals surface area contributed by atoms with Crippen LogP contribution in [0.1, 0.15) is 25.0 Å². The molecule has 2 heteroatoms. The third-order valence-corrected chi connectivity index (χ3v) is 2.66. The number of rotatable bonds is 4. The zero-order valence-corrected chi connectivity index (χ0v) is 9.55. The van der Waals surface area contributed by atoms with Crippen LogP contribution in [-0.2, 0) is 13.0 Å². The predicted octanol–water partition coefficient (Wildman–Crippen LogP) is 2.37. The molecule has 0 saturated carbocycles. The van der Waals surface area contributed by atoms with E-state index >= 15 is 0 Å². The van der Waals surface area contributed by atoms with Crippen molar-refractivity contribution in [2.24, 2.45) is 5.92 Å². The van der Waals surface area contributed by atoms with Crippen molar-refractivity contribution in [1.29, 1.82) is 0 Å². The van der Waals surface area contributed by atoms with Crippen molar-refractivity contribution in [1.82, 2.24) is 5.32 Å². The molecule has 1 heterocycles. The predicted molar refractivity (Wildman–Crippen MR) is 62.2 cm³/mol. The van der Waals surface area contributed by atoms with Crippen LogP contribution >= 0.6 is 0 Å². The molecule has 0 spiro atoms. The summed E-state index contributed by atoms with van der Waals surface area (Å²) in [5.41, 5.74) is 2.66. The maximum absolute atomic E-state index is 5.65. The lowest BCUT2D eigenvalue weighted by atomic mass is 10.1. The van der Waals surface area contributed by atoms with Crippen molar-refractivity contribution in [2.45, 2.75) is 26.8 Å². The maximum atomic E-state index is 5.65. The van der Waals surface area contributed by atoms with Gasteiger partial charge in [-0.1, -0.05) is 32.0 Å². The number of para-hydroxylation sites is 1. The molecule has 82 valence electrons. The first kappa shape index (κ1) is 10.5. The van der Waals surface area contributed by atoms with E-state index in [9.17, 15) is 0 Å². The van der Waals surface area contributed by atoms with Crippen LogP contribution in [0, 0.1) is 5.92 Å². The smallest absolute Gasteiger partial charge is 0.127 e. The van der Waals surface area contributed by atoms with E-state index in [-0.39, 0.29) is 0 Å². The summed E-state index contributed by atoms with van der Waals surface area (Å²) in [5.74, 6) is 1.82. The Kier molecular flexibility index (Phi) is 3.27. The Labute approximate surface area is 91.6 Å². The van der Waals surface area contributed by atoms with Gasteiger partial charge in [0.05, 0.1) is 6.61 Å². The van der Waals surface area contributed by atoms with Crippen molar-refractivity contribution in [2.75, 3.05) is 13.2 Å². The normalized spacial score (nSPS) is 14.1. The largest absolute Gasteiger partial charge is 0.493 e. The highest BCUT2D eigenvalue weighted by molar-refractivity contribution is 5.43. The summed E-state index contributed by atoms with van der Waals surface area (Å²) >= 11 is 0. The fourth-order valence-corrected chi connectivity index (χ4v) is 1.92. The van der Waals surface area contributed by atoms with Crippen LogP contribution in [0.2, 0.25) is 0 Å². The third-order valence-electron chi connectivity index (χ3n) is 2.66. The van der Waals surface area contributed by atoms with Gasteiger partial charge >= 0.3 is 0 Å². The average Bonchev–Trinajstić information content (AvgIpc) is 2.65. The number of hydrogen-bond acceptors (Lipinski definition) is 2. The second kappa shape index (κ2) is 4.67. The van der Waals surface area contributed by atoms with Gasteiger partial charge in [0.25, 0.3) is 0 Å². The molecule has 1 N–H and O–H groups in total. The van der Waals surface area contributed by atoms with E-state index < -0.39 is 0 Å². The van der Waals surface area contributed by atoms with Crippen molar-refractivity contribution in [3.05, 3.63) is 29.3 Å². The Morgan fingerprint density at radius 3 is 3.07 bits per heavy atom. The molecule has 0 aliphatic carbocycles. The quantitative estimate of drug-likeness (QED) is 0.814. The van der Waals surface area contributed by atoms with Gasteiger partial charge in [0.15, 0.2) is 0 Å². The molecule has 1 aromatic carbocycles. The number of hydrogen-bond donors (Lipinski definition) is 1. The summed E-state index contributed by atoms with van der Waals surface area (Å²) in [6.07, 6.45) is 1.06. The Morgan fingerprint density at radius 1 is 1.40 bits per heavy atom. The molecule has 1 aromatic rings. The second-order valence-corrected chi connectivity index (χ2v) is 4.53. The van der Waals surface area contributed by atoms with Crippen molar-refractivity contribution >= 4 is 0 Å². The number of ether oxygens (including phenoxy) is 1. The van der Waals surface area contributed by atoms with Crippen LogP contribution in [0.4, 0.5) is 0 Å². The van der Waals surface area contributed by atoms with E-state index in [1.807, 2.05) is 0 Å². The van der Waals surface area contributed by atoms with Gasteiger partial charge in [-0.2, -0.15) is 0 Å². The first-order valence-corrected chi connectivity index (χ1v) is 5.71. The topological polar surface area (TPSA) is 21.3 Å². The minimum atomic E-state index is 0.697. The molecule has 2 rings (SSSR count). The molecule has 0 bridgehead atoms. The van der Waals surface area contributed by atoms with Crippen LogP contribution in [0.15, 0.2) is 18.2 Å². The van der Waals surface area contributed by atoms with E-state index in [2.05, 4.69) is 37.4 Å². The van der Waals surface area contributed by atoms with Crippen molar-refractivity contribution < 1.29 is 4.74 Å². The van der Waals surface area contributed by atoms with Gasteiger partial charge in [-0.05, 0) is 18.0 Å². The Bertz CT molecular complexity index is 333. The molecule has 0 atom stereocenters. The van der Waals surface area contributed by atoms with Crippen LogP contribution < -0.4 is 10.1 Å². The fraction of sp³-hybridized carbons (Fsp3) is 0.538. The number of fused-ring (bicyclic) bond motifs is 1. The summed E-state index contributed by atoms with van der Waals surface area (Å²) in [5, 5.41) is 3.45. The zero-order chi connectivity index (χ0) is 10.7. The van der Waals surface area contributed by atoms with Crippen molar-refractivity contribution in [3.8, 4) is 5.75 Å². The molecule has 1 aliphatic heterocycles. The molecule has 0 fully saturated rings. The molecule has 1 aliphatic rings. The highest BCUT2D eigenvalue weighted by atomic mass is 16.5. The molecule has 0 unspecified atom stereocenters. The van der Waals surface area contributed by atoms with Gasteiger partial charge in [0.1, 0.15) is 5.75 Å². The fourth-order valence-electron chi connectivity index (χ4n) is 1.92. The molecule has 0 amide bonds. The molecular weight excluding hydrogens is 186 g/mol. The van der Waals surface area contributed by atoms with Gasteiger partial charge in [-0.15, -0.1) is 0 Å². The van der Waals surface area contributed by atoms with E-state index in [0.29, 0.717) is 5.92 Å². The molecule has 0 saturated heterocycles. The average molecular weight is 205 g/mol. The van der Waals surface area contributed by atoms with Gasteiger partial charge in [0.2, 0.25) is 0 Å². The SMILES string of the molecule is CC(C)CNCc1cccc2c1OCC2. The minimum absolute atomic E-state index is 0.697. The highest BCUT2D eigenvalue weighted by Crippen LogP contribution is 2.29. The lowest BCUT2D eigenvalue weighted by Crippen LogP contribution is -2.19. The number of nitrogens with one attached hydrogen (secondary N) is 1. The van der Waals surface area contributed by atoms with Crippen LogP contribution in [-0.4, -0.2) is 13.2 Å². The van der Waals surface area contributed by atoms with Gasteiger partial charge in [-0.3, -0.25) is 0 Å². The van der Waals surface area contributed by atoms with Crippen LogP contribution in [0.25, 0.3) is 0 Å². The monoisotopic (exact) mass is 205 g/mol. The van der Waals surface area contributed by atoms with E-state index in [0.717, 1.165) is 31.9 Å². The standard InChI is InChI=1S/C13H19NO/c1-10(2)8-14-9-12-5-3-4-11-6-7-15-13(11)12/h3-5,10,14H,6-9H2,1-2H3. The highest BCUT2D eigenvalue weighted by Gasteiger charge is 2.15. The van der Waals surface area contributed by atoms with E-state index in [1.165, 1.54) is 11.1 Å². The lowest BCUT2D eigenvalue weighted by Gasteiger charge is -2.10. The zero-order valence-electron chi connectivity index (χ0n) is 9.55. The molecule has 0 radical (unpaired) electrons. The van der Waals surface area contributed by atoms with Crippen molar-refractivity contribution in [3.63, 3.8) is 0 Å². The molecule has 15 heavy (non-hydrogen) atoms. The molecule has 0 aromatic heterocycles. The first-order chi connectivity index (χ1) is 7.27. The number of benzene rings is 1. The maximum Gasteiger partial charge on any atom is 0.127 e. The summed E-state index contributed by atoms with van der Waals surface area (Å²) in [4.78, 5) is 0. The second-order valence-electron chi connectivity index (χ2n) is 4.53. The lowest BCUT2D eigenvalue weighted by molar-refractivity contribution is 0.352.